The summed E-state index contributed by atoms with van der Waals surface area (Å²) in [6.07, 6.45) is 1.54. The minimum absolute atomic E-state index is 0.0118. The average molecular weight is 464 g/mol. The summed E-state index contributed by atoms with van der Waals surface area (Å²) in [5.41, 5.74) is 3.91. The van der Waals surface area contributed by atoms with Gasteiger partial charge in [0.15, 0.2) is 5.76 Å². The van der Waals surface area contributed by atoms with E-state index in [1.165, 1.54) is 17.8 Å². The first-order valence-corrected chi connectivity index (χ1v) is 11.4. The lowest BCUT2D eigenvalue weighted by atomic mass is 10.2. The number of para-hydroxylation sites is 1. The summed E-state index contributed by atoms with van der Waals surface area (Å²) in [6.45, 7) is 5.34. The number of hydrazine groups is 1. The van der Waals surface area contributed by atoms with Crippen LogP contribution in [0.4, 0.5) is 4.79 Å². The highest BCUT2D eigenvalue weighted by Gasteiger charge is 2.24. The van der Waals surface area contributed by atoms with Crippen molar-refractivity contribution < 1.29 is 28.3 Å². The number of hydrogen-bond donors (Lipinski definition) is 3. The number of carbonyl (C=O) groups excluding carboxylic acids is 3. The molecule has 0 radical (unpaired) electrons. The van der Waals surface area contributed by atoms with Gasteiger partial charge in [-0.25, -0.2) is 4.79 Å². The number of nitrogens with one attached hydrogen (secondary N) is 3. The van der Waals surface area contributed by atoms with Gasteiger partial charge in [0.1, 0.15) is 29.8 Å². The molecule has 3 N–H and O–H groups in total. The van der Waals surface area contributed by atoms with Crippen molar-refractivity contribution in [2.75, 3.05) is 12.0 Å². The zero-order valence-corrected chi connectivity index (χ0v) is 19.4. The van der Waals surface area contributed by atoms with Crippen LogP contribution >= 0.6 is 11.8 Å². The Hall–Kier alpha value is -3.14. The standard InChI is InChI=1S/C22H29N3O6S/c1-22(2,3)31-21(28)23-17(12-13-32-4)19(26)24-25-20(27)18-11-10-16(30-18)14-29-15-8-6-5-7-9-15/h5-11,17H,12-14H2,1-4H3,(H,23,28)(H,24,26)(H,25,27)/t17-/m0/s1. The van der Waals surface area contributed by atoms with Crippen LogP contribution in [0.25, 0.3) is 0 Å². The van der Waals surface area contributed by atoms with Crippen molar-refractivity contribution in [2.45, 2.75) is 45.4 Å². The Morgan fingerprint density at radius 2 is 1.78 bits per heavy atom. The van der Waals surface area contributed by atoms with Crippen molar-refractivity contribution in [1.82, 2.24) is 16.2 Å². The Morgan fingerprint density at radius 3 is 2.44 bits per heavy atom. The second-order valence-electron chi connectivity index (χ2n) is 7.79. The Bertz CT molecular complexity index is 895. The summed E-state index contributed by atoms with van der Waals surface area (Å²) < 4.78 is 16.2. The largest absolute Gasteiger partial charge is 0.486 e. The molecule has 0 saturated heterocycles. The van der Waals surface area contributed by atoms with E-state index in [9.17, 15) is 14.4 Å². The summed E-state index contributed by atoms with van der Waals surface area (Å²) in [6, 6.07) is 11.4. The molecule has 10 heteroatoms. The zero-order valence-electron chi connectivity index (χ0n) is 18.6. The number of furan rings is 1. The number of thioether (sulfide) groups is 1. The van der Waals surface area contributed by atoms with Crippen LogP contribution in [0.2, 0.25) is 0 Å². The van der Waals surface area contributed by atoms with Crippen LogP contribution in [0, 0.1) is 0 Å². The number of ether oxygens (including phenoxy) is 2. The number of hydrogen-bond acceptors (Lipinski definition) is 7. The van der Waals surface area contributed by atoms with Gasteiger partial charge in [-0.2, -0.15) is 11.8 Å². The predicted molar refractivity (Wildman–Crippen MR) is 121 cm³/mol. The third kappa shape index (κ3) is 8.93. The van der Waals surface area contributed by atoms with E-state index in [1.54, 1.807) is 26.8 Å². The van der Waals surface area contributed by atoms with E-state index in [1.807, 2.05) is 36.6 Å². The van der Waals surface area contributed by atoms with E-state index in [0.29, 0.717) is 23.7 Å². The lowest BCUT2D eigenvalue weighted by Gasteiger charge is -2.23. The molecular weight excluding hydrogens is 434 g/mol. The molecule has 174 valence electrons. The van der Waals surface area contributed by atoms with Crippen molar-refractivity contribution in [1.29, 1.82) is 0 Å². The Morgan fingerprint density at radius 1 is 1.06 bits per heavy atom. The van der Waals surface area contributed by atoms with E-state index in [0.717, 1.165) is 0 Å². The topological polar surface area (TPSA) is 119 Å². The SMILES string of the molecule is CSCC[C@H](NC(=O)OC(C)(C)C)C(=O)NNC(=O)c1ccc(COc2ccccc2)o1. The van der Waals surface area contributed by atoms with Crippen LogP contribution in [0.3, 0.4) is 0 Å². The van der Waals surface area contributed by atoms with Crippen LogP contribution in [-0.4, -0.2) is 41.6 Å². The van der Waals surface area contributed by atoms with Gasteiger partial charge in [0.2, 0.25) is 0 Å². The summed E-state index contributed by atoms with van der Waals surface area (Å²) in [5.74, 6) is 0.566. The number of amides is 3. The normalized spacial score (nSPS) is 11.9. The van der Waals surface area contributed by atoms with Crippen LogP contribution in [0.1, 0.15) is 43.5 Å². The van der Waals surface area contributed by atoms with Gasteiger partial charge in [-0.3, -0.25) is 20.4 Å². The van der Waals surface area contributed by atoms with Crippen molar-refractivity contribution in [2.24, 2.45) is 0 Å². The maximum atomic E-state index is 12.5. The minimum atomic E-state index is -0.871. The Labute approximate surface area is 191 Å². The lowest BCUT2D eigenvalue weighted by Crippen LogP contribution is -2.53. The van der Waals surface area contributed by atoms with Crippen LogP contribution < -0.4 is 20.9 Å². The zero-order chi connectivity index (χ0) is 23.6. The van der Waals surface area contributed by atoms with Gasteiger partial charge in [0, 0.05) is 0 Å². The van der Waals surface area contributed by atoms with Gasteiger partial charge < -0.3 is 19.2 Å². The first-order valence-electron chi connectivity index (χ1n) is 10.0. The van der Waals surface area contributed by atoms with Crippen LogP contribution in [0.5, 0.6) is 5.75 Å². The predicted octanol–water partition coefficient (Wildman–Crippen LogP) is 3.27. The van der Waals surface area contributed by atoms with Crippen molar-refractivity contribution in [3.63, 3.8) is 0 Å². The molecule has 32 heavy (non-hydrogen) atoms. The molecule has 0 aliphatic heterocycles. The first kappa shape index (κ1) is 25.1. The molecular formula is C22H29N3O6S. The molecule has 0 bridgehead atoms. The number of benzene rings is 1. The molecule has 0 unspecified atom stereocenters. The molecule has 1 aromatic carbocycles. The highest BCUT2D eigenvalue weighted by atomic mass is 32.2. The first-order chi connectivity index (χ1) is 15.2. The minimum Gasteiger partial charge on any atom is -0.486 e. The van der Waals surface area contributed by atoms with E-state index < -0.39 is 29.6 Å². The lowest BCUT2D eigenvalue weighted by molar-refractivity contribution is -0.124. The number of alkyl carbamates (subject to hydrolysis) is 1. The summed E-state index contributed by atoms with van der Waals surface area (Å²) in [4.78, 5) is 36.8. The molecule has 0 fully saturated rings. The monoisotopic (exact) mass is 463 g/mol. The Balaban J connectivity index is 1.86. The van der Waals surface area contributed by atoms with Gasteiger partial charge in [-0.05, 0) is 63.5 Å². The van der Waals surface area contributed by atoms with Crippen LogP contribution in [-0.2, 0) is 16.1 Å². The van der Waals surface area contributed by atoms with Gasteiger partial charge in [-0.15, -0.1) is 0 Å². The van der Waals surface area contributed by atoms with Gasteiger partial charge in [-0.1, -0.05) is 18.2 Å². The molecule has 2 aromatic rings. The second kappa shape index (κ2) is 12.0. The molecule has 3 amide bonds. The molecule has 0 saturated carbocycles. The quantitative estimate of drug-likeness (QED) is 0.488. The van der Waals surface area contributed by atoms with Gasteiger partial charge in [0.25, 0.3) is 5.91 Å². The fourth-order valence-corrected chi connectivity index (χ4v) is 2.94. The van der Waals surface area contributed by atoms with Crippen molar-refractivity contribution in [3.8, 4) is 5.75 Å². The summed E-state index contributed by atoms with van der Waals surface area (Å²) in [5, 5.41) is 2.53. The van der Waals surface area contributed by atoms with E-state index >= 15 is 0 Å². The molecule has 9 nitrogen and oxygen atoms in total. The highest BCUT2D eigenvalue weighted by Crippen LogP contribution is 2.14. The molecule has 0 aliphatic rings. The molecule has 2 rings (SSSR count). The molecule has 0 spiro atoms. The van der Waals surface area contributed by atoms with Gasteiger partial charge in [0.05, 0.1) is 0 Å². The average Bonchev–Trinajstić information content (AvgIpc) is 3.22. The summed E-state index contributed by atoms with van der Waals surface area (Å²) >= 11 is 1.53. The fourth-order valence-electron chi connectivity index (χ4n) is 2.47. The van der Waals surface area contributed by atoms with E-state index in [-0.39, 0.29) is 12.4 Å². The fraction of sp³-hybridized carbons (Fsp3) is 0.409. The maximum absolute atomic E-state index is 12.5. The summed E-state index contributed by atoms with van der Waals surface area (Å²) in [7, 11) is 0. The Kier molecular flexibility index (Phi) is 9.45. The van der Waals surface area contributed by atoms with Gasteiger partial charge >= 0.3 is 12.0 Å². The third-order valence-electron chi connectivity index (χ3n) is 3.93. The second-order valence-corrected chi connectivity index (χ2v) is 8.78. The number of carbonyl (C=O) groups is 3. The maximum Gasteiger partial charge on any atom is 0.408 e. The van der Waals surface area contributed by atoms with E-state index in [4.69, 9.17) is 13.9 Å². The van der Waals surface area contributed by atoms with Crippen molar-refractivity contribution in [3.05, 3.63) is 54.0 Å². The van der Waals surface area contributed by atoms with Crippen LogP contribution in [0.15, 0.2) is 46.9 Å². The highest BCUT2D eigenvalue weighted by molar-refractivity contribution is 7.98. The smallest absolute Gasteiger partial charge is 0.408 e. The third-order valence-corrected chi connectivity index (χ3v) is 4.57. The van der Waals surface area contributed by atoms with E-state index in [2.05, 4.69) is 16.2 Å². The number of rotatable bonds is 9. The molecule has 1 atom stereocenters. The van der Waals surface area contributed by atoms with Crippen molar-refractivity contribution >= 4 is 29.7 Å². The molecule has 1 aromatic heterocycles. The molecule has 0 aliphatic carbocycles. The molecule has 1 heterocycles.